The van der Waals surface area contributed by atoms with E-state index in [4.69, 9.17) is 9.15 Å². The molecule has 9 nitrogen and oxygen atoms in total. The predicted octanol–water partition coefficient (Wildman–Crippen LogP) is 3.31. The van der Waals surface area contributed by atoms with Gasteiger partial charge < -0.3 is 14.1 Å². The first-order valence-corrected chi connectivity index (χ1v) is 9.05. The van der Waals surface area contributed by atoms with Gasteiger partial charge in [0.05, 0.1) is 24.5 Å². The summed E-state index contributed by atoms with van der Waals surface area (Å²) in [6.07, 6.45) is 0.632. The van der Waals surface area contributed by atoms with Crippen LogP contribution in [0.25, 0.3) is 11.5 Å². The Hall–Kier alpha value is -3.75. The maximum Gasteiger partial charge on any atom is 0.313 e. The second-order valence-corrected chi connectivity index (χ2v) is 6.65. The molecule has 1 aliphatic heterocycles. The molecule has 0 unspecified atom stereocenters. The lowest BCUT2D eigenvalue weighted by molar-refractivity contribution is -0.384. The highest BCUT2D eigenvalue weighted by atomic mass is 16.6. The van der Waals surface area contributed by atoms with Crippen molar-refractivity contribution in [2.45, 2.75) is 18.9 Å². The van der Waals surface area contributed by atoms with E-state index in [1.165, 1.54) is 19.2 Å². The molecule has 9 heteroatoms. The summed E-state index contributed by atoms with van der Waals surface area (Å²) in [5.41, 5.74) is 2.46. The normalized spacial score (nSPS) is 15.6. The molecule has 0 spiro atoms. The fourth-order valence-corrected chi connectivity index (χ4v) is 3.51. The predicted molar refractivity (Wildman–Crippen MR) is 103 cm³/mol. The number of carbonyl (C=O) groups excluding carboxylic acids is 1. The van der Waals surface area contributed by atoms with Crippen LogP contribution >= 0.6 is 0 Å². The third-order valence-electron chi connectivity index (χ3n) is 4.94. The fraction of sp³-hybridized carbons (Fsp3) is 0.250. The first-order valence-electron chi connectivity index (χ1n) is 9.05. The van der Waals surface area contributed by atoms with Gasteiger partial charge in [0, 0.05) is 29.9 Å². The summed E-state index contributed by atoms with van der Waals surface area (Å²) in [5, 5.41) is 18.9. The van der Waals surface area contributed by atoms with Gasteiger partial charge in [-0.05, 0) is 30.2 Å². The number of para-hydroxylation sites is 1. The summed E-state index contributed by atoms with van der Waals surface area (Å²) in [6.45, 7) is 1.04. The van der Waals surface area contributed by atoms with E-state index >= 15 is 0 Å². The van der Waals surface area contributed by atoms with Crippen LogP contribution in [0.15, 0.2) is 52.9 Å². The van der Waals surface area contributed by atoms with Crippen LogP contribution in [0.2, 0.25) is 0 Å². The Balaban J connectivity index is 1.54. The summed E-state index contributed by atoms with van der Waals surface area (Å²) in [4.78, 5) is 24.5. The molecule has 148 valence electrons. The van der Waals surface area contributed by atoms with Gasteiger partial charge in [-0.1, -0.05) is 18.2 Å². The molecule has 0 saturated heterocycles. The van der Waals surface area contributed by atoms with Crippen LogP contribution in [0.1, 0.15) is 23.8 Å². The number of non-ortho nitro benzene ring substituents is 1. The van der Waals surface area contributed by atoms with E-state index in [0.29, 0.717) is 36.9 Å². The van der Waals surface area contributed by atoms with Gasteiger partial charge in [-0.15, -0.1) is 10.2 Å². The van der Waals surface area contributed by atoms with Crippen LogP contribution in [0.4, 0.5) is 11.4 Å². The highest BCUT2D eigenvalue weighted by Gasteiger charge is 2.31. The van der Waals surface area contributed by atoms with Crippen molar-refractivity contribution in [3.8, 4) is 11.5 Å². The third-order valence-corrected chi connectivity index (χ3v) is 4.94. The van der Waals surface area contributed by atoms with E-state index in [2.05, 4.69) is 15.1 Å². The molecular formula is C20H18N4O5. The fourth-order valence-electron chi connectivity index (χ4n) is 3.51. The number of hydrogen-bond donors (Lipinski definition) is 0. The van der Waals surface area contributed by atoms with Gasteiger partial charge in [-0.25, -0.2) is 0 Å². The molecule has 4 rings (SSSR count). The molecule has 0 aliphatic carbocycles. The third kappa shape index (κ3) is 3.66. The van der Waals surface area contributed by atoms with Gasteiger partial charge in [0.1, 0.15) is 0 Å². The molecule has 2 aromatic carbocycles. The molecule has 0 saturated carbocycles. The molecule has 0 amide bonds. The summed E-state index contributed by atoms with van der Waals surface area (Å²) < 4.78 is 10.7. The van der Waals surface area contributed by atoms with Gasteiger partial charge in [0.2, 0.25) is 11.8 Å². The van der Waals surface area contributed by atoms with Crippen LogP contribution in [0, 0.1) is 10.1 Å². The van der Waals surface area contributed by atoms with E-state index in [1.54, 1.807) is 12.1 Å². The SMILES string of the molecule is COC(=O)[C@@H]1CCN(Cc2nnc(-c3ccc([N+](=O)[O-])cc3)o2)c2ccccc21. The molecule has 0 N–H and O–H groups in total. The zero-order valence-corrected chi connectivity index (χ0v) is 15.6. The number of nitro benzene ring substituents is 1. The molecule has 3 aromatic rings. The monoisotopic (exact) mass is 394 g/mol. The average molecular weight is 394 g/mol. The number of nitro groups is 1. The molecule has 1 aromatic heterocycles. The minimum atomic E-state index is -0.460. The van der Waals surface area contributed by atoms with Crippen molar-refractivity contribution in [2.24, 2.45) is 0 Å². The molecule has 0 radical (unpaired) electrons. The highest BCUT2D eigenvalue weighted by Crippen LogP contribution is 2.36. The van der Waals surface area contributed by atoms with Crippen molar-refractivity contribution in [3.05, 3.63) is 70.1 Å². The van der Waals surface area contributed by atoms with Gasteiger partial charge in [-0.2, -0.15) is 0 Å². The summed E-state index contributed by atoms with van der Waals surface area (Å²) >= 11 is 0. The molecule has 1 atom stereocenters. The molecule has 29 heavy (non-hydrogen) atoms. The van der Waals surface area contributed by atoms with Crippen molar-refractivity contribution >= 4 is 17.3 Å². The largest absolute Gasteiger partial charge is 0.469 e. The van der Waals surface area contributed by atoms with Crippen molar-refractivity contribution in [2.75, 3.05) is 18.6 Å². The van der Waals surface area contributed by atoms with E-state index in [-0.39, 0.29) is 17.6 Å². The van der Waals surface area contributed by atoms with Gasteiger partial charge in [-0.3, -0.25) is 14.9 Å². The number of fused-ring (bicyclic) bond motifs is 1. The minimum absolute atomic E-state index is 0.00132. The lowest BCUT2D eigenvalue weighted by atomic mass is 9.90. The van der Waals surface area contributed by atoms with Crippen molar-refractivity contribution < 1.29 is 18.9 Å². The Kier molecular flexibility index (Phi) is 4.94. The smallest absolute Gasteiger partial charge is 0.313 e. The van der Waals surface area contributed by atoms with Gasteiger partial charge in [0.15, 0.2) is 0 Å². The topological polar surface area (TPSA) is 112 Å². The highest BCUT2D eigenvalue weighted by molar-refractivity contribution is 5.81. The Labute approximate surface area is 166 Å². The Morgan fingerprint density at radius 2 is 2.00 bits per heavy atom. The number of benzene rings is 2. The maximum atomic E-state index is 12.1. The summed E-state index contributed by atoms with van der Waals surface area (Å²) in [7, 11) is 1.40. The second-order valence-electron chi connectivity index (χ2n) is 6.65. The average Bonchev–Trinajstić information content (AvgIpc) is 3.22. The van der Waals surface area contributed by atoms with E-state index < -0.39 is 4.92 Å². The first-order chi connectivity index (χ1) is 14.1. The van der Waals surface area contributed by atoms with Crippen molar-refractivity contribution in [3.63, 3.8) is 0 Å². The first kappa shape index (κ1) is 18.6. The van der Waals surface area contributed by atoms with Crippen molar-refractivity contribution in [1.82, 2.24) is 10.2 Å². The zero-order valence-electron chi connectivity index (χ0n) is 15.6. The molecule has 1 aliphatic rings. The van der Waals surface area contributed by atoms with E-state index in [0.717, 1.165) is 11.3 Å². The van der Waals surface area contributed by atoms with Crippen molar-refractivity contribution in [1.29, 1.82) is 0 Å². The number of esters is 1. The Bertz CT molecular complexity index is 1050. The minimum Gasteiger partial charge on any atom is -0.469 e. The second kappa shape index (κ2) is 7.70. The molecular weight excluding hydrogens is 376 g/mol. The van der Waals surface area contributed by atoms with E-state index in [1.807, 2.05) is 24.3 Å². The number of methoxy groups -OCH3 is 1. The number of anilines is 1. The summed E-state index contributed by atoms with van der Waals surface area (Å²) in [6, 6.07) is 13.6. The molecule has 0 fully saturated rings. The number of aromatic nitrogens is 2. The van der Waals surface area contributed by atoms with Crippen LogP contribution < -0.4 is 4.90 Å². The van der Waals surface area contributed by atoms with Crippen LogP contribution in [-0.2, 0) is 16.1 Å². The van der Waals surface area contributed by atoms with Gasteiger partial charge >= 0.3 is 5.97 Å². The number of carbonyl (C=O) groups is 1. The van der Waals surface area contributed by atoms with E-state index in [9.17, 15) is 14.9 Å². The van der Waals surface area contributed by atoms with Crippen LogP contribution in [0.3, 0.4) is 0 Å². The number of nitrogens with zero attached hydrogens (tertiary/aromatic N) is 4. The van der Waals surface area contributed by atoms with Crippen LogP contribution in [-0.4, -0.2) is 34.7 Å². The molecule has 0 bridgehead atoms. The molecule has 2 heterocycles. The Morgan fingerprint density at radius 3 is 2.72 bits per heavy atom. The lowest BCUT2D eigenvalue weighted by Crippen LogP contribution is -2.33. The zero-order chi connectivity index (χ0) is 20.4. The van der Waals surface area contributed by atoms with Gasteiger partial charge in [0.25, 0.3) is 5.69 Å². The summed E-state index contributed by atoms with van der Waals surface area (Å²) in [5.74, 6) is 0.193. The van der Waals surface area contributed by atoms with Crippen LogP contribution in [0.5, 0.6) is 0 Å². The lowest BCUT2D eigenvalue weighted by Gasteiger charge is -2.33. The number of rotatable bonds is 5. The number of hydrogen-bond acceptors (Lipinski definition) is 8. The maximum absolute atomic E-state index is 12.1. The quantitative estimate of drug-likeness (QED) is 0.368. The number of ether oxygens (including phenoxy) is 1. The standard InChI is InChI=1S/C20H18N4O5/c1-28-20(25)16-10-11-23(17-5-3-2-4-15(16)17)12-18-21-22-19(29-18)13-6-8-14(9-7-13)24(26)27/h2-9,16H,10-12H2,1H3/t16-/m1/s1. The Morgan fingerprint density at radius 1 is 1.24 bits per heavy atom.